The van der Waals surface area contributed by atoms with Crippen LogP contribution in [-0.2, 0) is 9.59 Å². The lowest BCUT2D eigenvalue weighted by molar-refractivity contribution is -0.127. The molecule has 2 aliphatic rings. The fourth-order valence-corrected chi connectivity index (χ4v) is 5.86. The number of nitrogens with zero attached hydrogens (tertiary/aromatic N) is 1. The minimum absolute atomic E-state index is 0.00248. The van der Waals surface area contributed by atoms with Crippen molar-refractivity contribution in [3.05, 3.63) is 42.5 Å². The number of anilines is 1. The quantitative estimate of drug-likeness (QED) is 0.708. The molecule has 5 nitrogen and oxygen atoms in total. The minimum atomic E-state index is 0.00248. The summed E-state index contributed by atoms with van der Waals surface area (Å²) in [7, 11) is 0. The van der Waals surface area contributed by atoms with Crippen LogP contribution < -0.4 is 10.6 Å². The van der Waals surface area contributed by atoms with Gasteiger partial charge in [-0.05, 0) is 68.0 Å². The summed E-state index contributed by atoms with van der Waals surface area (Å²) in [6, 6.07) is 14.3. The summed E-state index contributed by atoms with van der Waals surface area (Å²) in [5, 5.41) is 8.59. The molecule has 0 radical (unpaired) electrons. The number of rotatable bonds is 5. The SMILES string of the molecule is CC1CC(NC(=O)C2CCN(CC(=O)Nc3cccc4ccccc34)CC2)CC(C)(C)C1. The molecule has 2 atom stereocenters. The molecule has 32 heavy (non-hydrogen) atoms. The molecule has 1 aliphatic heterocycles. The Balaban J connectivity index is 1.25. The molecule has 4 rings (SSSR count). The fourth-order valence-electron chi connectivity index (χ4n) is 5.86. The normalized spacial score (nSPS) is 24.2. The fraction of sp³-hybridized carbons (Fsp3) is 0.556. The van der Waals surface area contributed by atoms with Crippen LogP contribution in [0.2, 0.25) is 0 Å². The summed E-state index contributed by atoms with van der Waals surface area (Å²) in [5.41, 5.74) is 1.16. The van der Waals surface area contributed by atoms with Crippen molar-refractivity contribution >= 4 is 28.3 Å². The lowest BCUT2D eigenvalue weighted by Crippen LogP contribution is -2.48. The molecule has 1 heterocycles. The number of carbonyl (C=O) groups excluding carboxylic acids is 2. The zero-order chi connectivity index (χ0) is 22.7. The van der Waals surface area contributed by atoms with Crippen LogP contribution in [-0.4, -0.2) is 42.4 Å². The molecule has 2 amide bonds. The van der Waals surface area contributed by atoms with Crippen molar-refractivity contribution in [1.29, 1.82) is 0 Å². The average molecular weight is 436 g/mol. The lowest BCUT2D eigenvalue weighted by atomic mass is 9.70. The summed E-state index contributed by atoms with van der Waals surface area (Å²) >= 11 is 0. The van der Waals surface area contributed by atoms with Crippen LogP contribution in [0.1, 0.15) is 52.9 Å². The maximum Gasteiger partial charge on any atom is 0.238 e. The largest absolute Gasteiger partial charge is 0.353 e. The number of benzene rings is 2. The number of hydrogen-bond donors (Lipinski definition) is 2. The van der Waals surface area contributed by atoms with E-state index >= 15 is 0 Å². The van der Waals surface area contributed by atoms with Gasteiger partial charge in [-0.1, -0.05) is 57.2 Å². The first-order valence-corrected chi connectivity index (χ1v) is 12.1. The van der Waals surface area contributed by atoms with Crippen molar-refractivity contribution in [3.63, 3.8) is 0 Å². The number of piperidine rings is 1. The topological polar surface area (TPSA) is 61.4 Å². The Morgan fingerprint density at radius 1 is 1.03 bits per heavy atom. The summed E-state index contributed by atoms with van der Waals surface area (Å²) in [5.74, 6) is 0.932. The highest BCUT2D eigenvalue weighted by Gasteiger charge is 2.34. The van der Waals surface area contributed by atoms with E-state index in [9.17, 15) is 9.59 Å². The van der Waals surface area contributed by atoms with Crippen molar-refractivity contribution in [1.82, 2.24) is 10.2 Å². The summed E-state index contributed by atoms with van der Waals surface area (Å²) in [6.45, 7) is 8.85. The van der Waals surface area contributed by atoms with Gasteiger partial charge < -0.3 is 10.6 Å². The first-order chi connectivity index (χ1) is 15.3. The third kappa shape index (κ3) is 5.69. The monoisotopic (exact) mass is 435 g/mol. The Hall–Kier alpha value is -2.40. The molecule has 2 aromatic carbocycles. The van der Waals surface area contributed by atoms with Gasteiger partial charge >= 0.3 is 0 Å². The van der Waals surface area contributed by atoms with Gasteiger partial charge in [0.1, 0.15) is 0 Å². The second kappa shape index (κ2) is 9.62. The van der Waals surface area contributed by atoms with E-state index in [1.165, 1.54) is 6.42 Å². The Kier molecular flexibility index (Phi) is 6.85. The van der Waals surface area contributed by atoms with Crippen LogP contribution in [0.3, 0.4) is 0 Å². The molecule has 2 N–H and O–H groups in total. The lowest BCUT2D eigenvalue weighted by Gasteiger charge is -2.40. The maximum atomic E-state index is 12.9. The molecule has 0 aromatic heterocycles. The number of amides is 2. The number of fused-ring (bicyclic) bond motifs is 1. The number of hydrogen-bond acceptors (Lipinski definition) is 3. The number of nitrogens with one attached hydrogen (secondary N) is 2. The van der Waals surface area contributed by atoms with E-state index < -0.39 is 0 Å². The van der Waals surface area contributed by atoms with Gasteiger partial charge in [-0.25, -0.2) is 0 Å². The van der Waals surface area contributed by atoms with E-state index in [0.29, 0.717) is 23.9 Å². The molecule has 172 valence electrons. The smallest absolute Gasteiger partial charge is 0.238 e. The van der Waals surface area contributed by atoms with Gasteiger partial charge in [-0.15, -0.1) is 0 Å². The Morgan fingerprint density at radius 2 is 1.75 bits per heavy atom. The second-order valence-electron chi connectivity index (χ2n) is 10.7. The predicted octanol–water partition coefficient (Wildman–Crippen LogP) is 4.82. The molecule has 0 spiro atoms. The van der Waals surface area contributed by atoms with Gasteiger partial charge in [0.25, 0.3) is 0 Å². The van der Waals surface area contributed by atoms with Crippen LogP contribution in [0.5, 0.6) is 0 Å². The van der Waals surface area contributed by atoms with E-state index in [4.69, 9.17) is 0 Å². The van der Waals surface area contributed by atoms with E-state index in [1.807, 2.05) is 30.3 Å². The molecule has 1 saturated heterocycles. The van der Waals surface area contributed by atoms with Crippen molar-refractivity contribution in [2.75, 3.05) is 25.0 Å². The first kappa shape index (κ1) is 22.8. The molecule has 2 unspecified atom stereocenters. The highest BCUT2D eigenvalue weighted by Crippen LogP contribution is 2.38. The Labute approximate surface area is 191 Å². The van der Waals surface area contributed by atoms with Gasteiger partial charge in [0, 0.05) is 23.0 Å². The van der Waals surface area contributed by atoms with Crippen LogP contribution in [0.25, 0.3) is 10.8 Å². The zero-order valence-electron chi connectivity index (χ0n) is 19.7. The minimum Gasteiger partial charge on any atom is -0.353 e. The summed E-state index contributed by atoms with van der Waals surface area (Å²) in [6.07, 6.45) is 5.02. The molecular formula is C27H37N3O2. The molecular weight excluding hydrogens is 398 g/mol. The summed E-state index contributed by atoms with van der Waals surface area (Å²) in [4.78, 5) is 27.7. The number of likely N-dealkylation sites (tertiary alicyclic amines) is 1. The number of carbonyl (C=O) groups is 2. The Morgan fingerprint density at radius 3 is 2.50 bits per heavy atom. The Bertz CT molecular complexity index is 957. The van der Waals surface area contributed by atoms with E-state index in [0.717, 1.165) is 55.2 Å². The van der Waals surface area contributed by atoms with E-state index in [1.54, 1.807) is 0 Å². The van der Waals surface area contributed by atoms with Crippen LogP contribution >= 0.6 is 0 Å². The van der Waals surface area contributed by atoms with Crippen LogP contribution in [0.4, 0.5) is 5.69 Å². The third-order valence-electron chi connectivity index (χ3n) is 7.12. The second-order valence-corrected chi connectivity index (χ2v) is 10.7. The molecule has 1 aliphatic carbocycles. The third-order valence-corrected chi connectivity index (χ3v) is 7.12. The van der Waals surface area contributed by atoms with Gasteiger partial charge in [-0.2, -0.15) is 0 Å². The van der Waals surface area contributed by atoms with Crippen LogP contribution in [0.15, 0.2) is 42.5 Å². The predicted molar refractivity (Wildman–Crippen MR) is 130 cm³/mol. The molecule has 0 bridgehead atoms. The molecule has 2 fully saturated rings. The highest BCUT2D eigenvalue weighted by molar-refractivity contribution is 6.02. The molecule has 5 heteroatoms. The van der Waals surface area contributed by atoms with Gasteiger partial charge in [0.2, 0.25) is 11.8 Å². The molecule has 2 aromatic rings. The van der Waals surface area contributed by atoms with Gasteiger partial charge in [0.15, 0.2) is 0 Å². The average Bonchev–Trinajstić information content (AvgIpc) is 2.73. The van der Waals surface area contributed by atoms with E-state index in [2.05, 4.69) is 48.4 Å². The van der Waals surface area contributed by atoms with Gasteiger partial charge in [0.05, 0.1) is 6.54 Å². The van der Waals surface area contributed by atoms with Crippen molar-refractivity contribution < 1.29 is 9.59 Å². The first-order valence-electron chi connectivity index (χ1n) is 12.1. The van der Waals surface area contributed by atoms with Crippen molar-refractivity contribution in [2.45, 2.75) is 58.9 Å². The van der Waals surface area contributed by atoms with Crippen molar-refractivity contribution in [3.8, 4) is 0 Å². The summed E-state index contributed by atoms with van der Waals surface area (Å²) < 4.78 is 0. The standard InChI is InChI=1S/C27H37N3O2/c1-19-15-22(17-27(2,3)16-19)28-26(32)21-11-13-30(14-12-21)18-25(31)29-24-10-6-8-20-7-4-5-9-23(20)24/h4-10,19,21-22H,11-18H2,1-3H3,(H,28,32)(H,29,31). The van der Waals surface area contributed by atoms with E-state index in [-0.39, 0.29) is 17.7 Å². The van der Waals surface area contributed by atoms with Crippen LogP contribution in [0, 0.1) is 17.3 Å². The maximum absolute atomic E-state index is 12.9. The zero-order valence-corrected chi connectivity index (χ0v) is 19.7. The van der Waals surface area contributed by atoms with Gasteiger partial charge in [-0.3, -0.25) is 14.5 Å². The van der Waals surface area contributed by atoms with Crippen molar-refractivity contribution in [2.24, 2.45) is 17.3 Å². The highest BCUT2D eigenvalue weighted by atomic mass is 16.2. The molecule has 1 saturated carbocycles.